The number of rotatable bonds is 4. The normalized spacial score (nSPS) is 19.0. The lowest BCUT2D eigenvalue weighted by Crippen LogP contribution is -2.38. The summed E-state index contributed by atoms with van der Waals surface area (Å²) >= 11 is 0. The minimum absolute atomic E-state index is 0.173. The van der Waals surface area contributed by atoms with Gasteiger partial charge in [-0.15, -0.1) is 0 Å². The summed E-state index contributed by atoms with van der Waals surface area (Å²) in [5.41, 5.74) is 12.3. The Morgan fingerprint density at radius 2 is 1.89 bits per heavy atom. The van der Waals surface area contributed by atoms with Crippen LogP contribution in [0, 0.1) is 5.92 Å². The zero-order valence-electron chi connectivity index (χ0n) is 11.6. The number of likely N-dealkylation sites (tertiary alicyclic amines) is 1. The lowest BCUT2D eigenvalue weighted by Gasteiger charge is -2.36. The maximum Gasteiger partial charge on any atom is 0.185 e. The largest absolute Gasteiger partial charge is 0.370 e. The molecule has 0 amide bonds. The van der Waals surface area contributed by atoms with Crippen LogP contribution < -0.4 is 11.5 Å². The molecule has 1 aliphatic rings. The zero-order valence-corrected chi connectivity index (χ0v) is 11.6. The Hall–Kier alpha value is -1.55. The molecule has 4 nitrogen and oxygen atoms in total. The van der Waals surface area contributed by atoms with Crippen molar-refractivity contribution in [3.8, 4) is 0 Å². The van der Waals surface area contributed by atoms with Crippen molar-refractivity contribution in [1.82, 2.24) is 4.90 Å². The first-order valence-corrected chi connectivity index (χ1v) is 7.01. The Labute approximate surface area is 115 Å². The van der Waals surface area contributed by atoms with Crippen molar-refractivity contribution in [3.63, 3.8) is 0 Å². The van der Waals surface area contributed by atoms with E-state index < -0.39 is 0 Å². The minimum atomic E-state index is 0.173. The first-order chi connectivity index (χ1) is 9.16. The molecule has 0 radical (unpaired) electrons. The summed E-state index contributed by atoms with van der Waals surface area (Å²) in [5.74, 6) is 1.00. The molecule has 1 heterocycles. The van der Waals surface area contributed by atoms with E-state index in [1.807, 2.05) is 6.07 Å². The molecule has 104 valence electrons. The predicted octanol–water partition coefficient (Wildman–Crippen LogP) is 1.73. The number of benzene rings is 1. The van der Waals surface area contributed by atoms with Crippen LogP contribution in [0.3, 0.4) is 0 Å². The average molecular weight is 260 g/mol. The van der Waals surface area contributed by atoms with Gasteiger partial charge in [-0.2, -0.15) is 0 Å². The lowest BCUT2D eigenvalue weighted by molar-refractivity contribution is 0.141. The fourth-order valence-electron chi connectivity index (χ4n) is 2.64. The van der Waals surface area contributed by atoms with Gasteiger partial charge in [-0.3, -0.25) is 9.89 Å². The number of piperidine rings is 1. The highest BCUT2D eigenvalue weighted by Crippen LogP contribution is 2.26. The van der Waals surface area contributed by atoms with Crippen molar-refractivity contribution in [2.75, 3.05) is 19.6 Å². The second kappa shape index (κ2) is 6.57. The van der Waals surface area contributed by atoms with Gasteiger partial charge in [0.1, 0.15) is 0 Å². The van der Waals surface area contributed by atoms with Gasteiger partial charge in [0.2, 0.25) is 0 Å². The van der Waals surface area contributed by atoms with E-state index in [0.29, 0.717) is 6.54 Å². The van der Waals surface area contributed by atoms with Crippen molar-refractivity contribution in [2.45, 2.75) is 25.8 Å². The second-order valence-corrected chi connectivity index (χ2v) is 5.41. The van der Waals surface area contributed by atoms with Crippen molar-refractivity contribution >= 4 is 5.96 Å². The van der Waals surface area contributed by atoms with E-state index in [1.54, 1.807) is 0 Å². The molecule has 1 saturated heterocycles. The summed E-state index contributed by atoms with van der Waals surface area (Å²) in [6.45, 7) is 5.22. The van der Waals surface area contributed by atoms with Gasteiger partial charge in [0, 0.05) is 0 Å². The number of guanidine groups is 1. The van der Waals surface area contributed by atoms with E-state index >= 15 is 0 Å². The van der Waals surface area contributed by atoms with E-state index in [2.05, 4.69) is 41.1 Å². The van der Waals surface area contributed by atoms with Crippen molar-refractivity contribution in [1.29, 1.82) is 0 Å². The maximum absolute atomic E-state index is 5.48. The van der Waals surface area contributed by atoms with Gasteiger partial charge in [-0.05, 0) is 37.4 Å². The molecule has 1 aliphatic heterocycles. The molecule has 4 N–H and O–H groups in total. The Morgan fingerprint density at radius 1 is 1.26 bits per heavy atom. The molecule has 0 spiro atoms. The molecule has 1 aromatic rings. The van der Waals surface area contributed by atoms with Gasteiger partial charge in [0.15, 0.2) is 5.96 Å². The van der Waals surface area contributed by atoms with Crippen LogP contribution in [0.1, 0.15) is 31.4 Å². The van der Waals surface area contributed by atoms with E-state index in [4.69, 9.17) is 11.5 Å². The summed E-state index contributed by atoms with van der Waals surface area (Å²) < 4.78 is 0. The molecule has 0 saturated carbocycles. The summed E-state index contributed by atoms with van der Waals surface area (Å²) in [5, 5.41) is 0. The quantitative estimate of drug-likeness (QED) is 0.640. The first kappa shape index (κ1) is 13.9. The minimum Gasteiger partial charge on any atom is -0.370 e. The topological polar surface area (TPSA) is 67.6 Å². The van der Waals surface area contributed by atoms with E-state index in [-0.39, 0.29) is 12.0 Å². The summed E-state index contributed by atoms with van der Waals surface area (Å²) in [7, 11) is 0. The smallest absolute Gasteiger partial charge is 0.185 e. The lowest BCUT2D eigenvalue weighted by atomic mass is 9.96. The molecule has 4 heteroatoms. The fourth-order valence-corrected chi connectivity index (χ4v) is 2.64. The molecular weight excluding hydrogens is 236 g/mol. The van der Waals surface area contributed by atoms with E-state index in [1.165, 1.54) is 18.4 Å². The Balaban J connectivity index is 2.12. The Bertz CT molecular complexity index is 403. The van der Waals surface area contributed by atoms with Crippen LogP contribution in [0.25, 0.3) is 0 Å². The van der Waals surface area contributed by atoms with Crippen molar-refractivity contribution < 1.29 is 0 Å². The Kier molecular flexibility index (Phi) is 4.80. The molecular formula is C15H24N4. The average Bonchev–Trinajstić information content (AvgIpc) is 2.42. The summed E-state index contributed by atoms with van der Waals surface area (Å²) in [6.07, 6.45) is 2.51. The molecule has 0 aromatic heterocycles. The van der Waals surface area contributed by atoms with Crippen LogP contribution in [-0.2, 0) is 0 Å². The van der Waals surface area contributed by atoms with Crippen molar-refractivity contribution in [3.05, 3.63) is 35.9 Å². The molecule has 2 rings (SSSR count). The number of hydrogen-bond donors (Lipinski definition) is 2. The van der Waals surface area contributed by atoms with Crippen LogP contribution in [0.2, 0.25) is 0 Å². The van der Waals surface area contributed by atoms with Crippen LogP contribution in [0.5, 0.6) is 0 Å². The molecule has 1 aromatic carbocycles. The third kappa shape index (κ3) is 3.96. The highest BCUT2D eigenvalue weighted by Gasteiger charge is 2.24. The van der Waals surface area contributed by atoms with Crippen LogP contribution in [0.15, 0.2) is 35.3 Å². The highest BCUT2D eigenvalue weighted by molar-refractivity contribution is 5.75. The number of nitrogens with two attached hydrogens (primary N) is 2. The molecule has 0 bridgehead atoms. The van der Waals surface area contributed by atoms with Crippen molar-refractivity contribution in [2.24, 2.45) is 22.4 Å². The maximum atomic E-state index is 5.48. The number of hydrogen-bond acceptors (Lipinski definition) is 2. The molecule has 1 atom stereocenters. The second-order valence-electron chi connectivity index (χ2n) is 5.41. The van der Waals surface area contributed by atoms with E-state index in [0.717, 1.165) is 19.0 Å². The fraction of sp³-hybridized carbons (Fsp3) is 0.533. The predicted molar refractivity (Wildman–Crippen MR) is 79.8 cm³/mol. The van der Waals surface area contributed by atoms with Crippen LogP contribution >= 0.6 is 0 Å². The van der Waals surface area contributed by atoms with Gasteiger partial charge in [0.25, 0.3) is 0 Å². The SMILES string of the molecule is CC1CCN(C(CN=C(N)N)c2ccccc2)CC1. The van der Waals surface area contributed by atoms with Gasteiger partial charge in [0.05, 0.1) is 12.6 Å². The van der Waals surface area contributed by atoms with Crippen LogP contribution in [-0.4, -0.2) is 30.5 Å². The Morgan fingerprint density at radius 3 is 2.47 bits per heavy atom. The molecule has 1 unspecified atom stereocenters. The van der Waals surface area contributed by atoms with Gasteiger partial charge in [-0.1, -0.05) is 37.3 Å². The molecule has 1 fully saturated rings. The monoisotopic (exact) mass is 260 g/mol. The third-order valence-electron chi connectivity index (χ3n) is 3.89. The van der Waals surface area contributed by atoms with Gasteiger partial charge < -0.3 is 11.5 Å². The molecule has 0 aliphatic carbocycles. The van der Waals surface area contributed by atoms with Gasteiger partial charge in [-0.25, -0.2) is 0 Å². The molecule has 19 heavy (non-hydrogen) atoms. The first-order valence-electron chi connectivity index (χ1n) is 7.01. The standard InChI is InChI=1S/C15H24N4/c1-12-7-9-19(10-8-12)14(11-18-15(16)17)13-5-3-2-4-6-13/h2-6,12,14H,7-11H2,1H3,(H4,16,17,18). The summed E-state index contributed by atoms with van der Waals surface area (Å²) in [4.78, 5) is 6.73. The third-order valence-corrected chi connectivity index (χ3v) is 3.89. The number of nitrogens with zero attached hydrogens (tertiary/aromatic N) is 2. The number of aliphatic imine (C=N–C) groups is 1. The van der Waals surface area contributed by atoms with Gasteiger partial charge >= 0.3 is 0 Å². The zero-order chi connectivity index (χ0) is 13.7. The van der Waals surface area contributed by atoms with E-state index in [9.17, 15) is 0 Å². The highest BCUT2D eigenvalue weighted by atomic mass is 15.2. The summed E-state index contributed by atoms with van der Waals surface area (Å²) in [6, 6.07) is 10.8. The van der Waals surface area contributed by atoms with Crippen LogP contribution in [0.4, 0.5) is 0 Å².